The van der Waals surface area contributed by atoms with Gasteiger partial charge in [-0.2, -0.15) is 0 Å². The van der Waals surface area contributed by atoms with Crippen LogP contribution in [0.2, 0.25) is 0 Å². The Hall–Kier alpha value is -1.68. The first-order chi connectivity index (χ1) is 14.3. The van der Waals surface area contributed by atoms with Crippen LogP contribution in [0, 0.1) is 12.8 Å². The summed E-state index contributed by atoms with van der Waals surface area (Å²) < 4.78 is 32.9. The molecule has 0 aromatic heterocycles. The van der Waals surface area contributed by atoms with Crippen LogP contribution >= 0.6 is 0 Å². The molecule has 3 N–H and O–H groups in total. The van der Waals surface area contributed by atoms with Gasteiger partial charge in [-0.25, -0.2) is 13.1 Å². The lowest BCUT2D eigenvalue weighted by atomic mass is 10.0. The van der Waals surface area contributed by atoms with Crippen LogP contribution in [-0.4, -0.2) is 77.8 Å². The number of rotatable bonds is 10. The van der Waals surface area contributed by atoms with Gasteiger partial charge < -0.3 is 15.4 Å². The Balaban J connectivity index is 1.87. The molecule has 1 aliphatic heterocycles. The van der Waals surface area contributed by atoms with Gasteiger partial charge in [0.1, 0.15) is 0 Å². The highest BCUT2D eigenvalue weighted by atomic mass is 32.2. The summed E-state index contributed by atoms with van der Waals surface area (Å²) in [5.41, 5.74) is 1.03. The van der Waals surface area contributed by atoms with E-state index in [-0.39, 0.29) is 11.4 Å². The van der Waals surface area contributed by atoms with Crippen molar-refractivity contribution in [2.75, 3.05) is 52.5 Å². The average Bonchev–Trinajstić information content (AvgIpc) is 2.72. The second kappa shape index (κ2) is 12.2. The predicted octanol–water partition coefficient (Wildman–Crippen LogP) is 1.19. The molecule has 0 saturated carbocycles. The van der Waals surface area contributed by atoms with Crippen molar-refractivity contribution in [1.82, 2.24) is 20.3 Å². The number of guanidine groups is 1. The highest BCUT2D eigenvalue weighted by Gasteiger charge is 2.23. The first-order valence-electron chi connectivity index (χ1n) is 10.7. The van der Waals surface area contributed by atoms with Crippen LogP contribution < -0.4 is 15.4 Å². The lowest BCUT2D eigenvalue weighted by Crippen LogP contribution is -2.48. The largest absolute Gasteiger partial charge is 0.379 e. The van der Waals surface area contributed by atoms with E-state index in [2.05, 4.69) is 34.1 Å². The van der Waals surface area contributed by atoms with Crippen molar-refractivity contribution in [3.8, 4) is 0 Å². The Morgan fingerprint density at radius 1 is 1.13 bits per heavy atom. The zero-order valence-electron chi connectivity index (χ0n) is 18.6. The van der Waals surface area contributed by atoms with E-state index in [4.69, 9.17) is 9.73 Å². The number of hydrogen-bond acceptors (Lipinski definition) is 5. The predicted molar refractivity (Wildman–Crippen MR) is 121 cm³/mol. The minimum Gasteiger partial charge on any atom is -0.379 e. The molecule has 1 unspecified atom stereocenters. The molecular weight excluding hydrogens is 402 g/mol. The number of hydrogen-bond donors (Lipinski definition) is 3. The number of benzene rings is 1. The number of morpholine rings is 1. The fourth-order valence-electron chi connectivity index (χ4n) is 3.35. The van der Waals surface area contributed by atoms with E-state index in [1.807, 2.05) is 13.8 Å². The monoisotopic (exact) mass is 439 g/mol. The van der Waals surface area contributed by atoms with Crippen LogP contribution in [0.3, 0.4) is 0 Å². The smallest absolute Gasteiger partial charge is 0.240 e. The molecule has 1 fully saturated rings. The Morgan fingerprint density at radius 2 is 1.80 bits per heavy atom. The van der Waals surface area contributed by atoms with Crippen molar-refractivity contribution in [2.45, 2.75) is 38.6 Å². The first-order valence-corrected chi connectivity index (χ1v) is 12.2. The minimum atomic E-state index is -3.51. The van der Waals surface area contributed by atoms with Crippen molar-refractivity contribution in [3.05, 3.63) is 29.8 Å². The summed E-state index contributed by atoms with van der Waals surface area (Å²) in [5, 5.41) is 6.45. The van der Waals surface area contributed by atoms with Crippen molar-refractivity contribution in [3.63, 3.8) is 0 Å². The third-order valence-corrected chi connectivity index (χ3v) is 6.58. The number of ether oxygens (including phenoxy) is 1. The van der Waals surface area contributed by atoms with Crippen molar-refractivity contribution < 1.29 is 13.2 Å². The maximum absolute atomic E-state index is 12.4. The highest BCUT2D eigenvalue weighted by Crippen LogP contribution is 2.13. The van der Waals surface area contributed by atoms with E-state index in [0.717, 1.165) is 38.4 Å². The van der Waals surface area contributed by atoms with E-state index in [9.17, 15) is 8.42 Å². The first kappa shape index (κ1) is 24.6. The maximum atomic E-state index is 12.4. The minimum absolute atomic E-state index is 0.275. The topological polar surface area (TPSA) is 95.1 Å². The SMILES string of the molecule is CCNC(=NCC(C(C)C)N1CCOCC1)NCCNS(=O)(=O)c1ccc(C)cc1. The van der Waals surface area contributed by atoms with E-state index in [1.54, 1.807) is 24.3 Å². The molecule has 1 aromatic carbocycles. The molecule has 1 aromatic rings. The maximum Gasteiger partial charge on any atom is 0.240 e. The molecule has 8 nitrogen and oxygen atoms in total. The molecule has 2 rings (SSSR count). The Kier molecular flexibility index (Phi) is 10.0. The molecule has 0 bridgehead atoms. The summed E-state index contributed by atoms with van der Waals surface area (Å²) in [6, 6.07) is 7.18. The summed E-state index contributed by atoms with van der Waals surface area (Å²) in [7, 11) is -3.51. The van der Waals surface area contributed by atoms with Crippen molar-refractivity contribution in [1.29, 1.82) is 0 Å². The highest BCUT2D eigenvalue weighted by molar-refractivity contribution is 7.89. The van der Waals surface area contributed by atoms with Crippen LogP contribution in [-0.2, 0) is 14.8 Å². The number of nitrogens with one attached hydrogen (secondary N) is 3. The van der Waals surface area contributed by atoms with Gasteiger partial charge in [0, 0.05) is 38.8 Å². The standard InChI is InChI=1S/C21H37N5O3S/c1-5-22-21(24-16-20(17(2)3)26-12-14-29-15-13-26)23-10-11-25-30(27,28)19-8-6-18(4)7-9-19/h6-9,17,20,25H,5,10-16H2,1-4H3,(H2,22,23,24). The molecule has 0 aliphatic carbocycles. The fraction of sp³-hybridized carbons (Fsp3) is 0.667. The van der Waals surface area contributed by atoms with Gasteiger partial charge >= 0.3 is 0 Å². The van der Waals surface area contributed by atoms with E-state index >= 15 is 0 Å². The molecule has 170 valence electrons. The zero-order valence-corrected chi connectivity index (χ0v) is 19.5. The third kappa shape index (κ3) is 7.86. The summed E-state index contributed by atoms with van der Waals surface area (Å²) in [4.78, 5) is 7.47. The summed E-state index contributed by atoms with van der Waals surface area (Å²) >= 11 is 0. The lowest BCUT2D eigenvalue weighted by molar-refractivity contribution is 0.00867. The summed E-state index contributed by atoms with van der Waals surface area (Å²) in [5.74, 6) is 1.18. The fourth-order valence-corrected chi connectivity index (χ4v) is 4.38. The van der Waals surface area contributed by atoms with Gasteiger partial charge in [0.05, 0.1) is 24.7 Å². The number of aryl methyl sites for hydroxylation is 1. The summed E-state index contributed by atoms with van der Waals surface area (Å²) in [6.07, 6.45) is 0. The van der Waals surface area contributed by atoms with Gasteiger partial charge in [-0.05, 0) is 31.9 Å². The Labute approximate surface area is 181 Å². The molecular formula is C21H37N5O3S. The Bertz CT molecular complexity index is 759. The van der Waals surface area contributed by atoms with Crippen LogP contribution in [0.15, 0.2) is 34.2 Å². The third-order valence-electron chi connectivity index (χ3n) is 5.11. The molecule has 0 radical (unpaired) electrons. The molecule has 30 heavy (non-hydrogen) atoms. The molecule has 1 heterocycles. The molecule has 9 heteroatoms. The van der Waals surface area contributed by atoms with E-state index < -0.39 is 10.0 Å². The number of nitrogens with zero attached hydrogens (tertiary/aromatic N) is 2. The molecule has 1 aliphatic rings. The van der Waals surface area contributed by atoms with E-state index in [1.165, 1.54) is 0 Å². The van der Waals surface area contributed by atoms with Crippen molar-refractivity contribution in [2.24, 2.45) is 10.9 Å². The van der Waals surface area contributed by atoms with Gasteiger partial charge in [-0.15, -0.1) is 0 Å². The number of sulfonamides is 1. The number of aliphatic imine (C=N–C) groups is 1. The average molecular weight is 440 g/mol. The summed E-state index contributed by atoms with van der Waals surface area (Å²) in [6.45, 7) is 13.9. The van der Waals surface area contributed by atoms with Crippen LogP contribution in [0.1, 0.15) is 26.3 Å². The van der Waals surface area contributed by atoms with E-state index in [0.29, 0.717) is 31.0 Å². The molecule has 1 saturated heterocycles. The lowest BCUT2D eigenvalue weighted by Gasteiger charge is -2.36. The molecule has 1 atom stereocenters. The van der Waals surface area contributed by atoms with Crippen LogP contribution in [0.4, 0.5) is 0 Å². The van der Waals surface area contributed by atoms with Crippen LogP contribution in [0.25, 0.3) is 0 Å². The normalized spacial score (nSPS) is 17.2. The van der Waals surface area contributed by atoms with Gasteiger partial charge in [0.15, 0.2) is 5.96 Å². The molecule has 0 amide bonds. The van der Waals surface area contributed by atoms with Gasteiger partial charge in [-0.1, -0.05) is 31.5 Å². The van der Waals surface area contributed by atoms with Gasteiger partial charge in [0.25, 0.3) is 0 Å². The molecule has 0 spiro atoms. The second-order valence-corrected chi connectivity index (χ2v) is 9.58. The van der Waals surface area contributed by atoms with Gasteiger partial charge in [0.2, 0.25) is 10.0 Å². The second-order valence-electron chi connectivity index (χ2n) is 7.82. The zero-order chi connectivity index (χ0) is 22.0. The van der Waals surface area contributed by atoms with Crippen LogP contribution in [0.5, 0.6) is 0 Å². The van der Waals surface area contributed by atoms with Gasteiger partial charge in [-0.3, -0.25) is 9.89 Å². The quantitative estimate of drug-likeness (QED) is 0.288. The van der Waals surface area contributed by atoms with Crippen molar-refractivity contribution >= 4 is 16.0 Å². The Morgan fingerprint density at radius 3 is 2.40 bits per heavy atom.